The Balaban J connectivity index is 2.40. The van der Waals surface area contributed by atoms with Gasteiger partial charge in [-0.05, 0) is 36.7 Å². The van der Waals surface area contributed by atoms with Gasteiger partial charge in [0.05, 0.1) is 17.1 Å². The highest BCUT2D eigenvalue weighted by molar-refractivity contribution is 6.30. The summed E-state index contributed by atoms with van der Waals surface area (Å²) in [5.41, 5.74) is 6.83. The SMILES string of the molecule is Cc1nc(Cl)nc(Nc2ccc(Cl)cc2F)c1N. The van der Waals surface area contributed by atoms with E-state index in [4.69, 9.17) is 28.9 Å². The Hall–Kier alpha value is -1.59. The summed E-state index contributed by atoms with van der Waals surface area (Å²) in [6.07, 6.45) is 0. The molecule has 1 aromatic carbocycles. The van der Waals surface area contributed by atoms with Crippen LogP contribution in [0.25, 0.3) is 0 Å². The number of benzene rings is 1. The van der Waals surface area contributed by atoms with Crippen LogP contribution in [0.1, 0.15) is 5.69 Å². The van der Waals surface area contributed by atoms with Crippen molar-refractivity contribution in [3.05, 3.63) is 40.0 Å². The van der Waals surface area contributed by atoms with Crippen molar-refractivity contribution in [1.82, 2.24) is 9.97 Å². The number of anilines is 3. The molecule has 3 N–H and O–H groups in total. The number of halogens is 3. The summed E-state index contributed by atoms with van der Waals surface area (Å²) in [4.78, 5) is 7.80. The van der Waals surface area contributed by atoms with E-state index in [1.165, 1.54) is 12.1 Å². The van der Waals surface area contributed by atoms with Crippen molar-refractivity contribution in [2.75, 3.05) is 11.1 Å². The summed E-state index contributed by atoms with van der Waals surface area (Å²) in [7, 11) is 0. The van der Waals surface area contributed by atoms with Crippen LogP contribution in [0, 0.1) is 12.7 Å². The predicted molar refractivity (Wildman–Crippen MR) is 70.9 cm³/mol. The fraction of sp³-hybridized carbons (Fsp3) is 0.0909. The number of aryl methyl sites for hydroxylation is 1. The van der Waals surface area contributed by atoms with E-state index in [1.54, 1.807) is 13.0 Å². The van der Waals surface area contributed by atoms with E-state index in [9.17, 15) is 4.39 Å². The number of rotatable bonds is 2. The zero-order valence-corrected chi connectivity index (χ0v) is 10.8. The minimum Gasteiger partial charge on any atom is -0.394 e. The molecule has 4 nitrogen and oxygen atoms in total. The number of hydrogen-bond donors (Lipinski definition) is 2. The van der Waals surface area contributed by atoms with E-state index < -0.39 is 5.82 Å². The van der Waals surface area contributed by atoms with E-state index >= 15 is 0 Å². The highest BCUT2D eigenvalue weighted by Crippen LogP contribution is 2.27. The second-order valence-electron chi connectivity index (χ2n) is 3.59. The molecule has 18 heavy (non-hydrogen) atoms. The molecule has 2 aromatic rings. The Morgan fingerprint density at radius 3 is 2.67 bits per heavy atom. The van der Waals surface area contributed by atoms with Crippen molar-refractivity contribution in [2.45, 2.75) is 6.92 Å². The van der Waals surface area contributed by atoms with Crippen LogP contribution in [0.2, 0.25) is 10.3 Å². The van der Waals surface area contributed by atoms with Gasteiger partial charge in [-0.3, -0.25) is 0 Å². The van der Waals surface area contributed by atoms with Crippen LogP contribution < -0.4 is 11.1 Å². The van der Waals surface area contributed by atoms with Gasteiger partial charge in [0.15, 0.2) is 5.82 Å². The first-order valence-corrected chi connectivity index (χ1v) is 5.74. The lowest BCUT2D eigenvalue weighted by Crippen LogP contribution is -2.04. The van der Waals surface area contributed by atoms with Crippen LogP contribution >= 0.6 is 23.2 Å². The molecule has 0 atom stereocenters. The molecular formula is C11H9Cl2FN4. The van der Waals surface area contributed by atoms with Crippen molar-refractivity contribution in [2.24, 2.45) is 0 Å². The maximum Gasteiger partial charge on any atom is 0.224 e. The lowest BCUT2D eigenvalue weighted by Gasteiger charge is -2.10. The maximum absolute atomic E-state index is 13.6. The number of aromatic nitrogens is 2. The minimum atomic E-state index is -0.505. The molecule has 0 aliphatic carbocycles. The van der Waals surface area contributed by atoms with Crippen molar-refractivity contribution in [3.8, 4) is 0 Å². The smallest absolute Gasteiger partial charge is 0.224 e. The van der Waals surface area contributed by atoms with E-state index in [0.717, 1.165) is 0 Å². The highest BCUT2D eigenvalue weighted by atomic mass is 35.5. The van der Waals surface area contributed by atoms with Crippen molar-refractivity contribution in [3.63, 3.8) is 0 Å². The molecule has 0 spiro atoms. The van der Waals surface area contributed by atoms with Gasteiger partial charge < -0.3 is 11.1 Å². The quantitative estimate of drug-likeness (QED) is 0.829. The van der Waals surface area contributed by atoms with Gasteiger partial charge in [-0.2, -0.15) is 4.98 Å². The largest absolute Gasteiger partial charge is 0.394 e. The Bertz CT molecular complexity index is 604. The summed E-state index contributed by atoms with van der Waals surface area (Å²) in [5.74, 6) is -0.247. The Morgan fingerprint density at radius 2 is 2.00 bits per heavy atom. The van der Waals surface area contributed by atoms with Crippen molar-refractivity contribution in [1.29, 1.82) is 0 Å². The molecule has 0 fully saturated rings. The van der Waals surface area contributed by atoms with Crippen LogP contribution in [0.15, 0.2) is 18.2 Å². The molecule has 0 saturated carbocycles. The first-order valence-electron chi connectivity index (χ1n) is 4.99. The van der Waals surface area contributed by atoms with E-state index in [1.807, 2.05) is 0 Å². The van der Waals surface area contributed by atoms with Gasteiger partial charge in [-0.15, -0.1) is 0 Å². The maximum atomic E-state index is 13.6. The second kappa shape index (κ2) is 4.96. The van der Waals surface area contributed by atoms with Gasteiger partial charge in [0, 0.05) is 5.02 Å². The van der Waals surface area contributed by atoms with Gasteiger partial charge in [0.1, 0.15) is 5.82 Å². The molecule has 0 bridgehead atoms. The number of nitrogens with zero attached hydrogens (tertiary/aromatic N) is 2. The van der Waals surface area contributed by atoms with Gasteiger partial charge in [-0.25, -0.2) is 9.37 Å². The lowest BCUT2D eigenvalue weighted by molar-refractivity contribution is 0.632. The third-order valence-electron chi connectivity index (χ3n) is 2.29. The molecule has 2 rings (SSSR count). The van der Waals surface area contributed by atoms with Gasteiger partial charge in [-0.1, -0.05) is 11.6 Å². The molecule has 0 radical (unpaired) electrons. The number of nitrogens with one attached hydrogen (secondary N) is 1. The third kappa shape index (κ3) is 2.63. The Kier molecular flexibility index (Phi) is 3.54. The molecule has 1 heterocycles. The van der Waals surface area contributed by atoms with Gasteiger partial charge >= 0.3 is 0 Å². The second-order valence-corrected chi connectivity index (χ2v) is 4.36. The summed E-state index contributed by atoms with van der Waals surface area (Å²) in [5, 5.41) is 3.10. The van der Waals surface area contributed by atoms with E-state index in [2.05, 4.69) is 15.3 Å². The highest BCUT2D eigenvalue weighted by Gasteiger charge is 2.10. The lowest BCUT2D eigenvalue weighted by atomic mass is 10.3. The van der Waals surface area contributed by atoms with Gasteiger partial charge in [0.25, 0.3) is 0 Å². The number of hydrogen-bond acceptors (Lipinski definition) is 4. The molecule has 1 aromatic heterocycles. The average Bonchev–Trinajstić information content (AvgIpc) is 2.29. The summed E-state index contributed by atoms with van der Waals surface area (Å²) in [6.45, 7) is 1.69. The Labute approximate surface area is 113 Å². The number of nitrogens with two attached hydrogens (primary N) is 1. The molecule has 0 amide bonds. The summed E-state index contributed by atoms with van der Waals surface area (Å²) < 4.78 is 13.6. The molecule has 0 unspecified atom stereocenters. The summed E-state index contributed by atoms with van der Waals surface area (Å²) in [6, 6.07) is 4.23. The third-order valence-corrected chi connectivity index (χ3v) is 2.70. The molecule has 7 heteroatoms. The molecule has 94 valence electrons. The fourth-order valence-corrected chi connectivity index (χ4v) is 1.73. The van der Waals surface area contributed by atoms with Crippen LogP contribution in [-0.2, 0) is 0 Å². The zero-order valence-electron chi connectivity index (χ0n) is 9.34. The van der Waals surface area contributed by atoms with Crippen molar-refractivity contribution < 1.29 is 4.39 Å². The molecular weight excluding hydrogens is 278 g/mol. The zero-order chi connectivity index (χ0) is 13.3. The summed E-state index contributed by atoms with van der Waals surface area (Å²) >= 11 is 11.4. The van der Waals surface area contributed by atoms with Gasteiger partial charge in [0.2, 0.25) is 5.28 Å². The van der Waals surface area contributed by atoms with Crippen LogP contribution in [-0.4, -0.2) is 9.97 Å². The van der Waals surface area contributed by atoms with Crippen LogP contribution in [0.4, 0.5) is 21.6 Å². The average molecular weight is 287 g/mol. The van der Waals surface area contributed by atoms with E-state index in [-0.39, 0.29) is 16.8 Å². The minimum absolute atomic E-state index is 0.0403. The normalized spacial score (nSPS) is 10.4. The number of nitrogen functional groups attached to an aromatic ring is 1. The first-order chi connectivity index (χ1) is 8.47. The standard InChI is InChI=1S/C11H9Cl2FN4/c1-5-9(15)10(18-11(13)16-5)17-8-3-2-6(12)4-7(8)14/h2-4H,15H2,1H3,(H,16,17,18). The Morgan fingerprint density at radius 1 is 1.28 bits per heavy atom. The predicted octanol–water partition coefficient (Wildman–Crippen LogP) is 3.56. The monoisotopic (exact) mass is 286 g/mol. The fourth-order valence-electron chi connectivity index (χ4n) is 1.36. The van der Waals surface area contributed by atoms with Crippen LogP contribution in [0.3, 0.4) is 0 Å². The van der Waals surface area contributed by atoms with E-state index in [0.29, 0.717) is 16.4 Å². The molecule has 0 aliphatic rings. The first kappa shape index (κ1) is 12.9. The van der Waals surface area contributed by atoms with Crippen molar-refractivity contribution >= 4 is 40.4 Å². The van der Waals surface area contributed by atoms with Crippen LogP contribution in [0.5, 0.6) is 0 Å². The molecule has 0 saturated heterocycles. The molecule has 0 aliphatic heterocycles. The topological polar surface area (TPSA) is 63.8 Å².